The Morgan fingerprint density at radius 3 is 2.67 bits per heavy atom. The molecule has 1 saturated carbocycles. The first-order valence-corrected chi connectivity index (χ1v) is 10.8. The van der Waals surface area contributed by atoms with E-state index in [9.17, 15) is 4.79 Å². The largest absolute Gasteiger partial charge is 0.450 e. The van der Waals surface area contributed by atoms with E-state index in [1.807, 2.05) is 53.4 Å². The summed E-state index contributed by atoms with van der Waals surface area (Å²) in [4.78, 5) is 20.6. The molecule has 2 aliphatic rings. The lowest BCUT2D eigenvalue weighted by molar-refractivity contribution is -0.124. The predicted molar refractivity (Wildman–Crippen MR) is 114 cm³/mol. The van der Waals surface area contributed by atoms with Crippen LogP contribution in [0.3, 0.4) is 0 Å². The molecule has 27 heavy (non-hydrogen) atoms. The number of rotatable bonds is 3. The van der Waals surface area contributed by atoms with Gasteiger partial charge in [-0.2, -0.15) is 0 Å². The molecule has 0 N–H and O–H groups in total. The molecule has 140 valence electrons. The van der Waals surface area contributed by atoms with Crippen molar-refractivity contribution in [3.8, 4) is 0 Å². The molecule has 1 saturated heterocycles. The fourth-order valence-electron chi connectivity index (χ4n) is 3.69. The molecule has 1 aromatic heterocycles. The lowest BCUT2D eigenvalue weighted by Crippen LogP contribution is -2.44. The SMILES string of the molecule is C[C@@H]1CCCC[C@@H]1N1C(=O)/C(=C/c2ccc(Br)o2)SC1=Nc1ccccc1. The van der Waals surface area contributed by atoms with E-state index in [1.165, 1.54) is 18.2 Å². The van der Waals surface area contributed by atoms with Crippen LogP contribution < -0.4 is 0 Å². The predicted octanol–water partition coefficient (Wildman–Crippen LogP) is 6.22. The molecule has 0 bridgehead atoms. The lowest BCUT2D eigenvalue weighted by Gasteiger charge is -2.35. The Morgan fingerprint density at radius 2 is 1.96 bits per heavy atom. The van der Waals surface area contributed by atoms with E-state index in [-0.39, 0.29) is 11.9 Å². The van der Waals surface area contributed by atoms with E-state index in [2.05, 4.69) is 22.9 Å². The maximum atomic E-state index is 13.3. The van der Waals surface area contributed by atoms with Gasteiger partial charge in [-0.3, -0.25) is 9.69 Å². The van der Waals surface area contributed by atoms with Crippen molar-refractivity contribution in [2.45, 2.75) is 38.6 Å². The summed E-state index contributed by atoms with van der Waals surface area (Å²) in [5.74, 6) is 1.16. The summed E-state index contributed by atoms with van der Waals surface area (Å²) in [6.45, 7) is 2.24. The molecular formula is C21H21BrN2O2S. The van der Waals surface area contributed by atoms with Crippen LogP contribution in [0.1, 0.15) is 38.4 Å². The molecule has 2 heterocycles. The third-order valence-corrected chi connectivity index (χ3v) is 6.49. The van der Waals surface area contributed by atoms with Gasteiger partial charge in [-0.15, -0.1) is 0 Å². The fourth-order valence-corrected chi connectivity index (χ4v) is 5.03. The number of halogens is 1. The van der Waals surface area contributed by atoms with Gasteiger partial charge in [-0.05, 0) is 70.7 Å². The van der Waals surface area contributed by atoms with E-state index < -0.39 is 0 Å². The van der Waals surface area contributed by atoms with Crippen LogP contribution in [-0.2, 0) is 4.79 Å². The highest BCUT2D eigenvalue weighted by atomic mass is 79.9. The van der Waals surface area contributed by atoms with Crippen LogP contribution in [0.5, 0.6) is 0 Å². The number of carbonyl (C=O) groups excluding carboxylic acids is 1. The van der Waals surface area contributed by atoms with E-state index in [0.29, 0.717) is 21.3 Å². The zero-order valence-corrected chi connectivity index (χ0v) is 17.5. The molecule has 4 rings (SSSR count). The second-order valence-electron chi connectivity index (χ2n) is 6.99. The van der Waals surface area contributed by atoms with Crippen LogP contribution in [0.4, 0.5) is 5.69 Å². The van der Waals surface area contributed by atoms with Gasteiger partial charge in [-0.1, -0.05) is 38.0 Å². The van der Waals surface area contributed by atoms with E-state index in [0.717, 1.165) is 30.1 Å². The molecule has 4 nitrogen and oxygen atoms in total. The van der Waals surface area contributed by atoms with Gasteiger partial charge in [-0.25, -0.2) is 4.99 Å². The van der Waals surface area contributed by atoms with Crippen molar-refractivity contribution in [2.24, 2.45) is 10.9 Å². The van der Waals surface area contributed by atoms with E-state index in [1.54, 1.807) is 0 Å². The molecule has 2 atom stereocenters. The van der Waals surface area contributed by atoms with E-state index >= 15 is 0 Å². The molecule has 0 unspecified atom stereocenters. The fraction of sp³-hybridized carbons (Fsp3) is 0.333. The number of benzene rings is 1. The number of thioether (sulfide) groups is 1. The number of amides is 1. The van der Waals surface area contributed by atoms with Gasteiger partial charge >= 0.3 is 0 Å². The van der Waals surface area contributed by atoms with Crippen molar-refractivity contribution in [1.29, 1.82) is 0 Å². The standard InChI is InChI=1S/C21H21BrN2O2S/c1-14-7-5-6-10-17(14)24-20(25)18(13-16-11-12-19(22)26-16)27-21(24)23-15-8-3-2-4-9-15/h2-4,8-9,11-14,17H,5-7,10H2,1H3/b18-13-,23-21?/t14-,17+/m1/s1. The van der Waals surface area contributed by atoms with Crippen LogP contribution >= 0.6 is 27.7 Å². The van der Waals surface area contributed by atoms with Crippen LogP contribution in [0.2, 0.25) is 0 Å². The minimum atomic E-state index is 0.0287. The number of furan rings is 1. The summed E-state index contributed by atoms with van der Waals surface area (Å²) in [5, 5.41) is 0.766. The Kier molecular flexibility index (Phi) is 5.55. The quantitative estimate of drug-likeness (QED) is 0.527. The summed E-state index contributed by atoms with van der Waals surface area (Å²) in [6, 6.07) is 13.7. The molecule has 1 amide bonds. The highest BCUT2D eigenvalue weighted by Crippen LogP contribution is 2.40. The Balaban J connectivity index is 1.71. The molecule has 0 spiro atoms. The molecule has 0 radical (unpaired) electrons. The number of aliphatic imine (C=N–C) groups is 1. The lowest BCUT2D eigenvalue weighted by atomic mass is 9.85. The number of amidine groups is 1. The van der Waals surface area contributed by atoms with Crippen molar-refractivity contribution in [2.75, 3.05) is 0 Å². The maximum Gasteiger partial charge on any atom is 0.267 e. The first-order chi connectivity index (χ1) is 13.1. The number of hydrogen-bond donors (Lipinski definition) is 0. The summed E-state index contributed by atoms with van der Waals surface area (Å²) in [6.07, 6.45) is 6.39. The van der Waals surface area contributed by atoms with Crippen LogP contribution in [0.25, 0.3) is 6.08 Å². The first kappa shape index (κ1) is 18.6. The van der Waals surface area contributed by atoms with Gasteiger partial charge in [0.15, 0.2) is 9.84 Å². The third-order valence-electron chi connectivity index (χ3n) is 5.08. The highest BCUT2D eigenvalue weighted by Gasteiger charge is 2.41. The number of nitrogens with zero attached hydrogens (tertiary/aromatic N) is 2. The molecule has 6 heteroatoms. The summed E-state index contributed by atoms with van der Waals surface area (Å²) in [7, 11) is 0. The molecule has 1 aromatic carbocycles. The summed E-state index contributed by atoms with van der Waals surface area (Å²) >= 11 is 4.75. The van der Waals surface area contributed by atoms with Gasteiger partial charge < -0.3 is 4.42 Å². The first-order valence-electron chi connectivity index (χ1n) is 9.24. The molecule has 2 aromatic rings. The second-order valence-corrected chi connectivity index (χ2v) is 8.78. The van der Waals surface area contributed by atoms with E-state index in [4.69, 9.17) is 9.41 Å². The summed E-state index contributed by atoms with van der Waals surface area (Å²) < 4.78 is 6.22. The van der Waals surface area contributed by atoms with Crippen molar-refractivity contribution in [3.05, 3.63) is 57.8 Å². The van der Waals surface area contributed by atoms with Gasteiger partial charge in [0.1, 0.15) is 5.76 Å². The minimum absolute atomic E-state index is 0.0287. The second kappa shape index (κ2) is 8.07. The van der Waals surface area contributed by atoms with Crippen LogP contribution in [0.15, 0.2) is 61.4 Å². The highest BCUT2D eigenvalue weighted by molar-refractivity contribution is 9.10. The maximum absolute atomic E-state index is 13.3. The topological polar surface area (TPSA) is 45.8 Å². The third kappa shape index (κ3) is 4.06. The van der Waals surface area contributed by atoms with Crippen LogP contribution in [0, 0.1) is 5.92 Å². The molecule has 1 aliphatic heterocycles. The van der Waals surface area contributed by atoms with Crippen molar-refractivity contribution in [1.82, 2.24) is 4.90 Å². The van der Waals surface area contributed by atoms with Crippen molar-refractivity contribution >= 4 is 50.5 Å². The summed E-state index contributed by atoms with van der Waals surface area (Å²) in [5.41, 5.74) is 0.864. The Bertz CT molecular complexity index is 891. The Hall–Kier alpha value is -1.79. The number of para-hydroxylation sites is 1. The normalized spacial score (nSPS) is 26.3. The number of carbonyl (C=O) groups is 1. The monoisotopic (exact) mass is 444 g/mol. The average molecular weight is 445 g/mol. The zero-order valence-electron chi connectivity index (χ0n) is 15.1. The van der Waals surface area contributed by atoms with Gasteiger partial charge in [0.25, 0.3) is 5.91 Å². The average Bonchev–Trinajstić information content (AvgIpc) is 3.20. The molecular weight excluding hydrogens is 424 g/mol. The molecule has 2 fully saturated rings. The Morgan fingerprint density at radius 1 is 1.19 bits per heavy atom. The minimum Gasteiger partial charge on any atom is -0.450 e. The van der Waals surface area contributed by atoms with Crippen molar-refractivity contribution in [3.63, 3.8) is 0 Å². The smallest absolute Gasteiger partial charge is 0.267 e. The zero-order chi connectivity index (χ0) is 18.8. The van der Waals surface area contributed by atoms with Gasteiger partial charge in [0.2, 0.25) is 0 Å². The van der Waals surface area contributed by atoms with Gasteiger partial charge in [0, 0.05) is 12.1 Å². The van der Waals surface area contributed by atoms with Crippen molar-refractivity contribution < 1.29 is 9.21 Å². The molecule has 1 aliphatic carbocycles. The number of hydrogen-bond acceptors (Lipinski definition) is 4. The van der Waals surface area contributed by atoms with Crippen LogP contribution in [-0.4, -0.2) is 22.0 Å². The Labute approximate surface area is 171 Å². The van der Waals surface area contributed by atoms with Gasteiger partial charge in [0.05, 0.1) is 10.6 Å².